The van der Waals surface area contributed by atoms with Crippen molar-refractivity contribution in [3.8, 4) is 11.1 Å². The lowest BCUT2D eigenvalue weighted by atomic mass is 9.76. The number of benzene rings is 5. The summed E-state index contributed by atoms with van der Waals surface area (Å²) in [4.78, 5) is 5.19. The minimum Gasteiger partial charge on any atom is -0.340 e. The van der Waals surface area contributed by atoms with Crippen LogP contribution in [0.5, 0.6) is 0 Å². The monoisotopic (exact) mass is 620 g/mol. The first-order valence-electron chi connectivity index (χ1n) is 17.3. The average molecular weight is 621 g/mol. The van der Waals surface area contributed by atoms with Crippen LogP contribution in [0, 0.1) is 0 Å². The number of fused-ring (bicyclic) bond motifs is 5. The topological polar surface area (TPSA) is 24.4 Å². The predicted octanol–water partition coefficient (Wildman–Crippen LogP) is 11.0. The van der Waals surface area contributed by atoms with E-state index in [9.17, 15) is 0 Å². The van der Waals surface area contributed by atoms with Gasteiger partial charge in [0, 0.05) is 22.1 Å². The fourth-order valence-electron chi connectivity index (χ4n) is 8.62. The van der Waals surface area contributed by atoms with Crippen LogP contribution in [0.25, 0.3) is 28.0 Å². The summed E-state index contributed by atoms with van der Waals surface area (Å²) in [5.41, 5.74) is 19.0. The molecule has 2 nitrogen and oxygen atoms in total. The highest BCUT2D eigenvalue weighted by atomic mass is 15.0. The zero-order valence-electron chi connectivity index (χ0n) is 28.1. The van der Waals surface area contributed by atoms with Crippen LogP contribution in [0.3, 0.4) is 0 Å². The van der Waals surface area contributed by atoms with Gasteiger partial charge in [0.05, 0.1) is 6.04 Å². The summed E-state index contributed by atoms with van der Waals surface area (Å²) in [6.45, 7) is 9.63. The minimum absolute atomic E-state index is 0.00221. The van der Waals surface area contributed by atoms with Gasteiger partial charge in [-0.25, -0.2) is 0 Å². The van der Waals surface area contributed by atoms with Crippen molar-refractivity contribution in [3.05, 3.63) is 184 Å². The third kappa shape index (κ3) is 4.43. The quantitative estimate of drug-likeness (QED) is 0.212. The van der Waals surface area contributed by atoms with Crippen LogP contribution < -0.4 is 5.32 Å². The van der Waals surface area contributed by atoms with Crippen LogP contribution in [0.4, 0.5) is 0 Å². The Labute approximate surface area is 284 Å². The number of hydrogen-bond acceptors (Lipinski definition) is 2. The number of nitrogens with zero attached hydrogens (tertiary/aromatic N) is 1. The van der Waals surface area contributed by atoms with Crippen LogP contribution in [-0.2, 0) is 10.8 Å². The molecular formula is C46H40N2. The van der Waals surface area contributed by atoms with Gasteiger partial charge < -0.3 is 5.32 Å². The molecule has 1 atom stereocenters. The summed E-state index contributed by atoms with van der Waals surface area (Å²) in [5.74, 6) is 0.903. The highest BCUT2D eigenvalue weighted by Gasteiger charge is 2.42. The SMILES string of the molecule is CC1(C)C2=C(C=C(c3ccc(C4C=C(c5ccccc5)NC(c5ccccc5)=N4)cc3)CC2)c2cc3c(cc21)-c1ccccc1C3(C)C. The van der Waals surface area contributed by atoms with Crippen LogP contribution in [0.1, 0.15) is 91.1 Å². The molecule has 0 radical (unpaired) electrons. The molecule has 1 N–H and O–H groups in total. The fraction of sp³-hybridized carbons (Fsp3) is 0.196. The van der Waals surface area contributed by atoms with Crippen molar-refractivity contribution in [2.45, 2.75) is 57.4 Å². The van der Waals surface area contributed by atoms with Crippen LogP contribution in [0.15, 0.2) is 144 Å². The van der Waals surface area contributed by atoms with Gasteiger partial charge in [-0.3, -0.25) is 4.99 Å². The number of rotatable bonds is 4. The molecule has 5 aromatic rings. The molecule has 0 saturated heterocycles. The molecule has 4 aliphatic rings. The highest BCUT2D eigenvalue weighted by Crippen LogP contribution is 2.57. The molecule has 234 valence electrons. The van der Waals surface area contributed by atoms with Crippen molar-refractivity contribution in [3.63, 3.8) is 0 Å². The smallest absolute Gasteiger partial charge is 0.133 e. The van der Waals surface area contributed by atoms with Crippen LogP contribution >= 0.6 is 0 Å². The van der Waals surface area contributed by atoms with Gasteiger partial charge in [0.2, 0.25) is 0 Å². The molecule has 9 rings (SSSR count). The molecule has 0 amide bonds. The second-order valence-electron chi connectivity index (χ2n) is 14.8. The van der Waals surface area contributed by atoms with E-state index in [1.165, 1.54) is 55.7 Å². The van der Waals surface area contributed by atoms with Gasteiger partial charge in [-0.15, -0.1) is 0 Å². The van der Waals surface area contributed by atoms with E-state index < -0.39 is 0 Å². The van der Waals surface area contributed by atoms with Crippen molar-refractivity contribution in [2.24, 2.45) is 4.99 Å². The van der Waals surface area contributed by atoms with Crippen molar-refractivity contribution < 1.29 is 0 Å². The molecule has 0 spiro atoms. The molecule has 1 heterocycles. The first kappa shape index (κ1) is 29.0. The second-order valence-corrected chi connectivity index (χ2v) is 14.8. The van der Waals surface area contributed by atoms with Gasteiger partial charge in [0.1, 0.15) is 5.84 Å². The fourth-order valence-corrected chi connectivity index (χ4v) is 8.62. The summed E-state index contributed by atoms with van der Waals surface area (Å²) in [5, 5.41) is 3.61. The van der Waals surface area contributed by atoms with Gasteiger partial charge >= 0.3 is 0 Å². The number of aliphatic imine (C=N–C) groups is 1. The first-order chi connectivity index (χ1) is 23.3. The summed E-state index contributed by atoms with van der Waals surface area (Å²) in [7, 11) is 0. The van der Waals surface area contributed by atoms with Gasteiger partial charge in [-0.05, 0) is 92.3 Å². The van der Waals surface area contributed by atoms with Gasteiger partial charge in [-0.1, -0.05) is 149 Å². The van der Waals surface area contributed by atoms with Crippen LogP contribution in [0.2, 0.25) is 0 Å². The zero-order valence-corrected chi connectivity index (χ0v) is 28.1. The maximum absolute atomic E-state index is 5.19. The van der Waals surface area contributed by atoms with E-state index in [1.807, 2.05) is 6.07 Å². The molecule has 5 aromatic carbocycles. The highest BCUT2D eigenvalue weighted by molar-refractivity contribution is 6.05. The standard InChI is InChI=1S/C46H40N2/c1-45(2)38-18-12-11-17-34(38)36-26-41-37(27-40(36)45)35-25-33(23-24-39(35)46(41,3)4)29-19-21-31(22-20-29)43-28-42(30-13-7-5-8-14-30)47-44(48-43)32-15-9-6-10-16-32/h5-22,25-28,43H,23-24H2,1-4H3,(H,47,48). The minimum atomic E-state index is -0.0718. The Kier molecular flexibility index (Phi) is 6.43. The summed E-state index contributed by atoms with van der Waals surface area (Å²) < 4.78 is 0. The summed E-state index contributed by atoms with van der Waals surface area (Å²) >= 11 is 0. The largest absolute Gasteiger partial charge is 0.340 e. The van der Waals surface area contributed by atoms with E-state index in [2.05, 4.69) is 160 Å². The van der Waals surface area contributed by atoms with E-state index in [-0.39, 0.29) is 16.9 Å². The van der Waals surface area contributed by atoms with E-state index in [4.69, 9.17) is 4.99 Å². The molecular weight excluding hydrogens is 581 g/mol. The molecule has 3 aliphatic carbocycles. The summed E-state index contributed by atoms with van der Waals surface area (Å²) in [6.07, 6.45) is 6.92. The lowest BCUT2D eigenvalue weighted by Crippen LogP contribution is -2.27. The number of amidine groups is 1. The molecule has 2 heteroatoms. The van der Waals surface area contributed by atoms with E-state index in [1.54, 1.807) is 5.57 Å². The predicted molar refractivity (Wildman–Crippen MR) is 201 cm³/mol. The Morgan fingerprint density at radius 2 is 1.23 bits per heavy atom. The molecule has 1 aliphatic heterocycles. The zero-order chi connectivity index (χ0) is 32.6. The van der Waals surface area contributed by atoms with Gasteiger partial charge in [0.15, 0.2) is 0 Å². The van der Waals surface area contributed by atoms with Crippen molar-refractivity contribution in [1.29, 1.82) is 0 Å². The Morgan fingerprint density at radius 1 is 0.583 bits per heavy atom. The lowest BCUT2D eigenvalue weighted by Gasteiger charge is -2.27. The average Bonchev–Trinajstić information content (AvgIpc) is 3.50. The molecule has 0 saturated carbocycles. The molecule has 0 fully saturated rings. The molecule has 48 heavy (non-hydrogen) atoms. The van der Waals surface area contributed by atoms with Gasteiger partial charge in [0.25, 0.3) is 0 Å². The van der Waals surface area contributed by atoms with Gasteiger partial charge in [-0.2, -0.15) is 0 Å². The van der Waals surface area contributed by atoms with Crippen molar-refractivity contribution >= 4 is 22.7 Å². The Morgan fingerprint density at radius 3 is 1.98 bits per heavy atom. The molecule has 1 unspecified atom stereocenters. The third-order valence-corrected chi connectivity index (χ3v) is 11.3. The van der Waals surface area contributed by atoms with Crippen molar-refractivity contribution in [1.82, 2.24) is 5.32 Å². The second kappa shape index (κ2) is 10.7. The number of hydrogen-bond donors (Lipinski definition) is 1. The summed E-state index contributed by atoms with van der Waals surface area (Å²) in [6, 6.07) is 44.1. The normalized spacial score (nSPS) is 19.7. The maximum Gasteiger partial charge on any atom is 0.133 e. The van der Waals surface area contributed by atoms with Crippen molar-refractivity contribution in [2.75, 3.05) is 0 Å². The number of allylic oxidation sites excluding steroid dienone is 4. The Hall–Kier alpha value is -5.21. The van der Waals surface area contributed by atoms with E-state index >= 15 is 0 Å². The molecule has 0 bridgehead atoms. The Balaban J connectivity index is 1.07. The molecule has 0 aromatic heterocycles. The lowest BCUT2D eigenvalue weighted by molar-refractivity contribution is 0.608. The Bertz CT molecular complexity index is 2170. The van der Waals surface area contributed by atoms with E-state index in [0.717, 1.165) is 35.5 Å². The number of nitrogens with one attached hydrogen (secondary N) is 1. The first-order valence-corrected chi connectivity index (χ1v) is 17.3. The maximum atomic E-state index is 5.19. The third-order valence-electron chi connectivity index (χ3n) is 11.3. The van der Waals surface area contributed by atoms with E-state index in [0.29, 0.717) is 0 Å². The van der Waals surface area contributed by atoms with Crippen LogP contribution in [-0.4, -0.2) is 5.84 Å².